The van der Waals surface area contributed by atoms with Crippen LogP contribution in [0.1, 0.15) is 23.7 Å². The summed E-state index contributed by atoms with van der Waals surface area (Å²) in [6, 6.07) is 2.55. The Kier molecular flexibility index (Phi) is 5.05. The molecule has 1 aromatic heterocycles. The van der Waals surface area contributed by atoms with Gasteiger partial charge in [0.2, 0.25) is 0 Å². The molecular formula is C13H16N2O3. The Morgan fingerprint density at radius 1 is 1.56 bits per heavy atom. The molecule has 5 heteroatoms. The number of esters is 1. The number of carbonyl (C=O) groups is 2. The maximum atomic E-state index is 11.9. The molecule has 0 fully saturated rings. The van der Waals surface area contributed by atoms with Crippen molar-refractivity contribution in [1.82, 2.24) is 10.3 Å². The lowest BCUT2D eigenvalue weighted by molar-refractivity contribution is -0.142. The van der Waals surface area contributed by atoms with Crippen molar-refractivity contribution in [3.05, 3.63) is 42.2 Å². The van der Waals surface area contributed by atoms with Crippen molar-refractivity contribution in [3.63, 3.8) is 0 Å². The van der Waals surface area contributed by atoms with Gasteiger partial charge in [0.15, 0.2) is 0 Å². The van der Waals surface area contributed by atoms with Crippen LogP contribution in [0.25, 0.3) is 0 Å². The van der Waals surface area contributed by atoms with Gasteiger partial charge < -0.3 is 10.1 Å². The Balaban J connectivity index is 2.74. The fraction of sp³-hybridized carbons (Fsp3) is 0.308. The van der Waals surface area contributed by atoms with Gasteiger partial charge in [0.1, 0.15) is 6.04 Å². The van der Waals surface area contributed by atoms with E-state index in [1.165, 1.54) is 13.3 Å². The van der Waals surface area contributed by atoms with Gasteiger partial charge >= 0.3 is 5.97 Å². The zero-order chi connectivity index (χ0) is 13.5. The molecule has 1 N–H and O–H groups in total. The monoisotopic (exact) mass is 248 g/mol. The van der Waals surface area contributed by atoms with Crippen molar-refractivity contribution in [1.29, 1.82) is 0 Å². The number of hydrogen-bond donors (Lipinski definition) is 1. The van der Waals surface area contributed by atoms with Crippen LogP contribution in [0.4, 0.5) is 0 Å². The third kappa shape index (κ3) is 4.01. The van der Waals surface area contributed by atoms with E-state index in [1.54, 1.807) is 25.3 Å². The molecule has 0 aliphatic heterocycles. The fourth-order valence-corrected chi connectivity index (χ4v) is 1.42. The summed E-state index contributed by atoms with van der Waals surface area (Å²) in [5.41, 5.74) is 1.19. The maximum Gasteiger partial charge on any atom is 0.328 e. The van der Waals surface area contributed by atoms with Crippen LogP contribution in [-0.2, 0) is 9.53 Å². The Morgan fingerprint density at radius 3 is 2.78 bits per heavy atom. The summed E-state index contributed by atoms with van der Waals surface area (Å²) in [6.45, 7) is 5.50. The number of carbonyl (C=O) groups excluding carboxylic acids is 2. The zero-order valence-corrected chi connectivity index (χ0v) is 10.5. The minimum absolute atomic E-state index is 0.346. The fourth-order valence-electron chi connectivity index (χ4n) is 1.42. The lowest BCUT2D eigenvalue weighted by atomic mass is 10.1. The van der Waals surface area contributed by atoms with Gasteiger partial charge in [-0.3, -0.25) is 9.78 Å². The highest BCUT2D eigenvalue weighted by Gasteiger charge is 2.21. The van der Waals surface area contributed by atoms with Crippen molar-refractivity contribution < 1.29 is 14.3 Å². The van der Waals surface area contributed by atoms with E-state index < -0.39 is 12.0 Å². The van der Waals surface area contributed by atoms with Gasteiger partial charge in [-0.1, -0.05) is 5.57 Å². The van der Waals surface area contributed by atoms with E-state index in [0.717, 1.165) is 5.57 Å². The minimum atomic E-state index is -0.722. The lowest BCUT2D eigenvalue weighted by Gasteiger charge is -2.16. The van der Waals surface area contributed by atoms with E-state index >= 15 is 0 Å². The van der Waals surface area contributed by atoms with Crippen LogP contribution in [0.2, 0.25) is 0 Å². The molecule has 1 aromatic rings. The summed E-state index contributed by atoms with van der Waals surface area (Å²) in [4.78, 5) is 27.2. The van der Waals surface area contributed by atoms with E-state index in [9.17, 15) is 9.59 Å². The number of rotatable bonds is 5. The van der Waals surface area contributed by atoms with Crippen molar-refractivity contribution in [3.8, 4) is 0 Å². The molecule has 0 aliphatic rings. The summed E-state index contributed by atoms with van der Waals surface area (Å²) in [7, 11) is 1.28. The molecular weight excluding hydrogens is 232 g/mol. The normalized spacial score (nSPS) is 11.4. The van der Waals surface area contributed by atoms with Gasteiger partial charge in [0.25, 0.3) is 5.91 Å². The molecule has 0 aliphatic carbocycles. The van der Waals surface area contributed by atoms with Gasteiger partial charge in [-0.2, -0.15) is 0 Å². The standard InChI is InChI=1S/C13H16N2O3/c1-9(2)7-11(13(17)18-3)15-12(16)10-5-4-6-14-8-10/h4-6,8,11H,1,7H2,2-3H3,(H,15,16)/t11-/m1/s1. The average Bonchev–Trinajstić information content (AvgIpc) is 2.37. The minimum Gasteiger partial charge on any atom is -0.467 e. The quantitative estimate of drug-likeness (QED) is 0.630. The lowest BCUT2D eigenvalue weighted by Crippen LogP contribution is -2.41. The molecule has 0 spiro atoms. The van der Waals surface area contributed by atoms with E-state index in [-0.39, 0.29) is 5.91 Å². The molecule has 0 aromatic carbocycles. The molecule has 96 valence electrons. The number of pyridine rings is 1. The first-order valence-electron chi connectivity index (χ1n) is 5.47. The Hall–Kier alpha value is -2.17. The second-order valence-corrected chi connectivity index (χ2v) is 3.95. The van der Waals surface area contributed by atoms with Crippen molar-refractivity contribution >= 4 is 11.9 Å². The third-order valence-corrected chi connectivity index (χ3v) is 2.27. The highest BCUT2D eigenvalue weighted by molar-refractivity contribution is 5.96. The molecule has 1 amide bonds. The predicted octanol–water partition coefficient (Wildman–Crippen LogP) is 1.32. The smallest absolute Gasteiger partial charge is 0.328 e. The number of aromatic nitrogens is 1. The molecule has 0 bridgehead atoms. The largest absolute Gasteiger partial charge is 0.467 e. The molecule has 5 nitrogen and oxygen atoms in total. The Labute approximate surface area is 106 Å². The van der Waals surface area contributed by atoms with Crippen LogP contribution in [0, 0.1) is 0 Å². The van der Waals surface area contributed by atoms with Gasteiger partial charge in [0.05, 0.1) is 12.7 Å². The molecule has 1 rings (SSSR count). The number of nitrogens with one attached hydrogen (secondary N) is 1. The second kappa shape index (κ2) is 6.54. The van der Waals surface area contributed by atoms with Crippen molar-refractivity contribution in [2.24, 2.45) is 0 Å². The Morgan fingerprint density at radius 2 is 2.28 bits per heavy atom. The highest BCUT2D eigenvalue weighted by Crippen LogP contribution is 2.05. The van der Waals surface area contributed by atoms with Crippen LogP contribution in [-0.4, -0.2) is 30.0 Å². The number of nitrogens with zero attached hydrogens (tertiary/aromatic N) is 1. The van der Waals surface area contributed by atoms with Crippen LogP contribution in [0.3, 0.4) is 0 Å². The first kappa shape index (κ1) is 13.9. The topological polar surface area (TPSA) is 68.3 Å². The summed E-state index contributed by atoms with van der Waals surface area (Å²) in [5, 5.41) is 2.60. The molecule has 0 unspecified atom stereocenters. The number of amides is 1. The number of ether oxygens (including phenoxy) is 1. The first-order valence-corrected chi connectivity index (χ1v) is 5.47. The maximum absolute atomic E-state index is 11.9. The Bertz CT molecular complexity index is 443. The van der Waals surface area contributed by atoms with Gasteiger partial charge in [-0.25, -0.2) is 4.79 Å². The van der Waals surface area contributed by atoms with Gasteiger partial charge in [-0.05, 0) is 25.5 Å². The number of hydrogen-bond acceptors (Lipinski definition) is 4. The molecule has 0 saturated carbocycles. The van der Waals surface area contributed by atoms with E-state index in [4.69, 9.17) is 0 Å². The molecule has 18 heavy (non-hydrogen) atoms. The molecule has 1 atom stereocenters. The first-order chi connectivity index (χ1) is 8.54. The number of methoxy groups -OCH3 is 1. The van der Waals surface area contributed by atoms with Crippen molar-refractivity contribution in [2.45, 2.75) is 19.4 Å². The summed E-state index contributed by atoms with van der Waals surface area (Å²) in [6.07, 6.45) is 3.35. The molecule has 0 saturated heterocycles. The van der Waals surface area contributed by atoms with E-state index in [0.29, 0.717) is 12.0 Å². The highest BCUT2D eigenvalue weighted by atomic mass is 16.5. The van der Waals surface area contributed by atoms with Crippen LogP contribution in [0.5, 0.6) is 0 Å². The zero-order valence-electron chi connectivity index (χ0n) is 10.5. The summed E-state index contributed by atoms with van der Waals surface area (Å²) in [5.74, 6) is -0.852. The second-order valence-electron chi connectivity index (χ2n) is 3.95. The predicted molar refractivity (Wildman–Crippen MR) is 66.9 cm³/mol. The van der Waals surface area contributed by atoms with Crippen LogP contribution >= 0.6 is 0 Å². The van der Waals surface area contributed by atoms with E-state index in [2.05, 4.69) is 21.6 Å². The van der Waals surface area contributed by atoms with Gasteiger partial charge in [-0.15, -0.1) is 6.58 Å². The molecule has 0 radical (unpaired) electrons. The third-order valence-electron chi connectivity index (χ3n) is 2.27. The summed E-state index contributed by atoms with van der Waals surface area (Å²) >= 11 is 0. The van der Waals surface area contributed by atoms with Gasteiger partial charge in [0, 0.05) is 12.4 Å². The summed E-state index contributed by atoms with van der Waals surface area (Å²) < 4.78 is 4.64. The van der Waals surface area contributed by atoms with Crippen LogP contribution in [0.15, 0.2) is 36.7 Å². The average molecular weight is 248 g/mol. The molecule has 1 heterocycles. The van der Waals surface area contributed by atoms with E-state index in [1.807, 2.05) is 0 Å². The van der Waals surface area contributed by atoms with Crippen LogP contribution < -0.4 is 5.32 Å². The SMILES string of the molecule is C=C(C)C[C@@H](NC(=O)c1cccnc1)C(=O)OC. The van der Waals surface area contributed by atoms with Crippen molar-refractivity contribution in [2.75, 3.05) is 7.11 Å².